The number of aliphatic hydroxyl groups is 1. The van der Waals surface area contributed by atoms with Crippen molar-refractivity contribution in [1.29, 1.82) is 0 Å². The second-order valence-electron chi connectivity index (χ2n) is 5.75. The smallest absolute Gasteiger partial charge is 0.252 e. The Morgan fingerprint density at radius 2 is 2.30 bits per heavy atom. The van der Waals surface area contributed by atoms with Gasteiger partial charge in [0.05, 0.1) is 24.4 Å². The summed E-state index contributed by atoms with van der Waals surface area (Å²) >= 11 is 0. The first kappa shape index (κ1) is 15.5. The molecule has 0 aromatic carbocycles. The number of hydrogen-bond acceptors (Lipinski definition) is 5. The van der Waals surface area contributed by atoms with Gasteiger partial charge in [0.25, 0.3) is 5.91 Å². The molecule has 1 amide bonds. The fraction of sp³-hybridized carbons (Fsp3) is 0.438. The van der Waals surface area contributed by atoms with Crippen LogP contribution in [-0.4, -0.2) is 45.5 Å². The Labute approximate surface area is 134 Å². The highest BCUT2D eigenvalue weighted by Gasteiger charge is 2.26. The van der Waals surface area contributed by atoms with Crippen LogP contribution in [0.15, 0.2) is 30.6 Å². The van der Waals surface area contributed by atoms with Gasteiger partial charge < -0.3 is 15.7 Å². The van der Waals surface area contributed by atoms with Crippen LogP contribution in [0.5, 0.6) is 0 Å². The average Bonchev–Trinajstić information content (AvgIpc) is 3.04. The molecule has 23 heavy (non-hydrogen) atoms. The quantitative estimate of drug-likeness (QED) is 0.849. The number of aliphatic hydroxyl groups excluding tert-OH is 1. The van der Waals surface area contributed by atoms with E-state index in [1.165, 1.54) is 0 Å². The lowest BCUT2D eigenvalue weighted by Gasteiger charge is -2.33. The van der Waals surface area contributed by atoms with E-state index in [4.69, 9.17) is 10.8 Å². The minimum atomic E-state index is -0.456. The number of anilines is 1. The van der Waals surface area contributed by atoms with E-state index in [1.54, 1.807) is 23.0 Å². The van der Waals surface area contributed by atoms with Crippen LogP contribution in [0.4, 0.5) is 5.82 Å². The van der Waals surface area contributed by atoms with Crippen molar-refractivity contribution in [2.24, 2.45) is 5.73 Å². The molecule has 1 aliphatic rings. The molecule has 0 saturated carbocycles. The van der Waals surface area contributed by atoms with Gasteiger partial charge in [0.2, 0.25) is 0 Å². The van der Waals surface area contributed by atoms with Gasteiger partial charge >= 0.3 is 0 Å². The molecular formula is C16H21N5O2. The number of nitrogens with two attached hydrogens (primary N) is 1. The van der Waals surface area contributed by atoms with Crippen molar-refractivity contribution in [3.63, 3.8) is 0 Å². The number of piperidine rings is 1. The lowest BCUT2D eigenvalue weighted by Crippen LogP contribution is -2.36. The molecule has 0 aliphatic carbocycles. The van der Waals surface area contributed by atoms with E-state index in [0.717, 1.165) is 31.6 Å². The third kappa shape index (κ3) is 3.34. The van der Waals surface area contributed by atoms with Gasteiger partial charge in [-0.3, -0.25) is 9.48 Å². The van der Waals surface area contributed by atoms with Crippen LogP contribution in [0.25, 0.3) is 0 Å². The molecule has 2 aromatic rings. The van der Waals surface area contributed by atoms with E-state index in [0.29, 0.717) is 17.9 Å². The molecule has 122 valence electrons. The summed E-state index contributed by atoms with van der Waals surface area (Å²) in [5.74, 6) is 0.480. The van der Waals surface area contributed by atoms with Crippen molar-refractivity contribution in [2.75, 3.05) is 24.6 Å². The zero-order valence-corrected chi connectivity index (χ0v) is 12.9. The zero-order valence-electron chi connectivity index (χ0n) is 12.9. The minimum absolute atomic E-state index is 0.0772. The van der Waals surface area contributed by atoms with Crippen molar-refractivity contribution >= 4 is 11.7 Å². The zero-order chi connectivity index (χ0) is 16.2. The predicted octanol–water partition coefficient (Wildman–Crippen LogP) is 0.753. The molecule has 1 fully saturated rings. The maximum atomic E-state index is 11.6. The van der Waals surface area contributed by atoms with Crippen molar-refractivity contribution in [3.8, 4) is 0 Å². The van der Waals surface area contributed by atoms with Crippen LogP contribution in [0.1, 0.15) is 34.8 Å². The summed E-state index contributed by atoms with van der Waals surface area (Å²) in [6.45, 7) is 2.19. The van der Waals surface area contributed by atoms with Gasteiger partial charge in [0.1, 0.15) is 5.82 Å². The molecule has 0 bridgehead atoms. The largest absolute Gasteiger partial charge is 0.394 e. The molecule has 1 aliphatic heterocycles. The third-order valence-corrected chi connectivity index (χ3v) is 4.18. The van der Waals surface area contributed by atoms with Crippen LogP contribution < -0.4 is 10.6 Å². The number of hydrogen-bond donors (Lipinski definition) is 2. The molecule has 1 saturated heterocycles. The molecule has 1 atom stereocenters. The lowest BCUT2D eigenvalue weighted by atomic mass is 9.94. The van der Waals surface area contributed by atoms with E-state index in [1.807, 2.05) is 12.3 Å². The Bertz CT molecular complexity index is 685. The molecule has 0 spiro atoms. The van der Waals surface area contributed by atoms with Crippen LogP contribution in [0.2, 0.25) is 0 Å². The fourth-order valence-electron chi connectivity index (χ4n) is 3.07. The summed E-state index contributed by atoms with van der Waals surface area (Å²) in [7, 11) is 0. The molecule has 7 heteroatoms. The second kappa shape index (κ2) is 6.78. The Balaban J connectivity index is 1.79. The molecule has 0 radical (unpaired) electrons. The maximum absolute atomic E-state index is 11.6. The highest BCUT2D eigenvalue weighted by atomic mass is 16.3. The fourth-order valence-corrected chi connectivity index (χ4v) is 3.07. The van der Waals surface area contributed by atoms with Crippen molar-refractivity contribution in [3.05, 3.63) is 41.9 Å². The summed E-state index contributed by atoms with van der Waals surface area (Å²) in [6.07, 6.45) is 5.62. The van der Waals surface area contributed by atoms with E-state index in [-0.39, 0.29) is 12.5 Å². The van der Waals surface area contributed by atoms with Crippen LogP contribution >= 0.6 is 0 Å². The summed E-state index contributed by atoms with van der Waals surface area (Å²) in [4.78, 5) is 18.1. The van der Waals surface area contributed by atoms with Gasteiger partial charge in [-0.15, -0.1) is 0 Å². The van der Waals surface area contributed by atoms with E-state index < -0.39 is 5.91 Å². The number of carbonyl (C=O) groups is 1. The SMILES string of the molecule is NC(=O)c1cccnc1N1CCC[C@@H](c2ccn(CCO)n2)C1. The van der Waals surface area contributed by atoms with Gasteiger partial charge in [-0.1, -0.05) is 0 Å². The Kier molecular flexibility index (Phi) is 4.57. The Hall–Kier alpha value is -2.41. The third-order valence-electron chi connectivity index (χ3n) is 4.18. The van der Waals surface area contributed by atoms with Crippen molar-refractivity contribution < 1.29 is 9.90 Å². The number of carbonyl (C=O) groups excluding carboxylic acids is 1. The average molecular weight is 315 g/mol. The highest BCUT2D eigenvalue weighted by Crippen LogP contribution is 2.29. The van der Waals surface area contributed by atoms with Crippen LogP contribution in [0.3, 0.4) is 0 Å². The van der Waals surface area contributed by atoms with E-state index >= 15 is 0 Å². The topological polar surface area (TPSA) is 97.3 Å². The first-order valence-corrected chi connectivity index (χ1v) is 7.83. The second-order valence-corrected chi connectivity index (χ2v) is 5.75. The number of aromatic nitrogens is 3. The lowest BCUT2D eigenvalue weighted by molar-refractivity contribution is 0.100. The standard InChI is InChI=1S/C16H21N5O2/c17-15(23)13-4-1-6-18-16(13)20-7-2-3-12(11-20)14-5-8-21(19-14)9-10-22/h1,4-6,8,12,22H,2-3,7,9-11H2,(H2,17,23)/t12-/m1/s1. The maximum Gasteiger partial charge on any atom is 0.252 e. The summed E-state index contributed by atoms with van der Waals surface area (Å²) in [6, 6.07) is 5.43. The normalized spacial score (nSPS) is 18.1. The van der Waals surface area contributed by atoms with Crippen molar-refractivity contribution in [2.45, 2.75) is 25.3 Å². The molecule has 7 nitrogen and oxygen atoms in total. The number of primary amides is 1. The van der Waals surface area contributed by atoms with Gasteiger partial charge in [-0.05, 0) is 31.0 Å². The number of rotatable bonds is 5. The summed E-state index contributed by atoms with van der Waals surface area (Å²) < 4.78 is 1.75. The first-order chi connectivity index (χ1) is 11.2. The van der Waals surface area contributed by atoms with Crippen LogP contribution in [0, 0.1) is 0 Å². The van der Waals surface area contributed by atoms with Gasteiger partial charge in [0.15, 0.2) is 0 Å². The monoisotopic (exact) mass is 315 g/mol. The number of nitrogens with zero attached hydrogens (tertiary/aromatic N) is 4. The molecular weight excluding hydrogens is 294 g/mol. The molecule has 0 unspecified atom stereocenters. The number of pyridine rings is 1. The van der Waals surface area contributed by atoms with Crippen molar-refractivity contribution in [1.82, 2.24) is 14.8 Å². The van der Waals surface area contributed by atoms with Gasteiger partial charge in [-0.25, -0.2) is 4.98 Å². The molecule has 2 aromatic heterocycles. The predicted molar refractivity (Wildman–Crippen MR) is 86.3 cm³/mol. The van der Waals surface area contributed by atoms with Crippen LogP contribution in [-0.2, 0) is 6.54 Å². The van der Waals surface area contributed by atoms with E-state index in [2.05, 4.69) is 15.0 Å². The van der Waals surface area contributed by atoms with Gasteiger partial charge in [0, 0.05) is 31.4 Å². The molecule has 3 heterocycles. The Morgan fingerprint density at radius 3 is 3.09 bits per heavy atom. The first-order valence-electron chi connectivity index (χ1n) is 7.83. The molecule has 3 rings (SSSR count). The number of amides is 1. The summed E-state index contributed by atoms with van der Waals surface area (Å²) in [5, 5.41) is 13.5. The van der Waals surface area contributed by atoms with Gasteiger partial charge in [-0.2, -0.15) is 5.10 Å². The van der Waals surface area contributed by atoms with E-state index in [9.17, 15) is 4.79 Å². The molecule has 3 N–H and O–H groups in total. The minimum Gasteiger partial charge on any atom is -0.394 e. The summed E-state index contributed by atoms with van der Waals surface area (Å²) in [5.41, 5.74) is 6.93. The Morgan fingerprint density at radius 1 is 1.43 bits per heavy atom. The highest BCUT2D eigenvalue weighted by molar-refractivity contribution is 5.97.